The van der Waals surface area contributed by atoms with Gasteiger partial charge in [-0.3, -0.25) is 0 Å². The largest absolute Gasteiger partial charge is 0.394 e. The van der Waals surface area contributed by atoms with Crippen molar-refractivity contribution in [3.63, 3.8) is 0 Å². The maximum atomic E-state index is 6.08. The number of hydrogen-bond acceptors (Lipinski definition) is 3. The number of aromatic nitrogens is 2. The highest BCUT2D eigenvalue weighted by Gasteiger charge is 2.18. The predicted molar refractivity (Wildman–Crippen MR) is 72.2 cm³/mol. The zero-order chi connectivity index (χ0) is 12.4. The second-order valence-corrected chi connectivity index (χ2v) is 5.42. The van der Waals surface area contributed by atoms with Gasteiger partial charge in [0.05, 0.1) is 11.4 Å². The molecule has 0 amide bonds. The van der Waals surface area contributed by atoms with Gasteiger partial charge in [-0.15, -0.1) is 0 Å². The van der Waals surface area contributed by atoms with Crippen LogP contribution in [-0.4, -0.2) is 16.3 Å². The molecule has 0 spiro atoms. The van der Waals surface area contributed by atoms with Crippen LogP contribution in [0.5, 0.6) is 0 Å². The van der Waals surface area contributed by atoms with E-state index < -0.39 is 0 Å². The summed E-state index contributed by atoms with van der Waals surface area (Å²) < 4.78 is 2.00. The van der Waals surface area contributed by atoms with Crippen LogP contribution in [0.2, 0.25) is 0 Å². The summed E-state index contributed by atoms with van der Waals surface area (Å²) in [6, 6.07) is 0.345. The second-order valence-electron chi connectivity index (χ2n) is 5.42. The van der Waals surface area contributed by atoms with Gasteiger partial charge in [-0.1, -0.05) is 12.8 Å². The molecule has 0 bridgehead atoms. The Kier molecular flexibility index (Phi) is 3.60. The fourth-order valence-electron chi connectivity index (χ4n) is 2.57. The summed E-state index contributed by atoms with van der Waals surface area (Å²) in [5.41, 5.74) is 7.81. The maximum Gasteiger partial charge on any atom is 0.148 e. The van der Waals surface area contributed by atoms with E-state index in [-0.39, 0.29) is 0 Å². The fraction of sp³-hybridized carbons (Fsp3) is 0.769. The summed E-state index contributed by atoms with van der Waals surface area (Å²) in [5.74, 6) is 1.81. The molecule has 1 saturated carbocycles. The first-order chi connectivity index (χ1) is 8.09. The zero-order valence-corrected chi connectivity index (χ0v) is 11.2. The minimum absolute atomic E-state index is 0.345. The molecule has 3 N–H and O–H groups in total. The third-order valence-electron chi connectivity index (χ3n) is 3.65. The van der Waals surface area contributed by atoms with E-state index in [9.17, 15) is 0 Å². The average Bonchev–Trinajstić information content (AvgIpc) is 2.87. The van der Waals surface area contributed by atoms with Crippen molar-refractivity contribution in [3.8, 4) is 0 Å². The van der Waals surface area contributed by atoms with Crippen LogP contribution in [0, 0.1) is 12.8 Å². The van der Waals surface area contributed by atoms with Gasteiger partial charge in [-0.25, -0.2) is 4.68 Å². The van der Waals surface area contributed by atoms with Crippen LogP contribution < -0.4 is 11.1 Å². The Balaban J connectivity index is 2.07. The van der Waals surface area contributed by atoms with E-state index in [1.54, 1.807) is 0 Å². The molecule has 1 aromatic rings. The number of aryl methyl sites for hydroxylation is 1. The number of nitrogen functional groups attached to an aromatic ring is 1. The van der Waals surface area contributed by atoms with Crippen molar-refractivity contribution in [2.45, 2.75) is 52.5 Å². The topological polar surface area (TPSA) is 55.9 Å². The lowest BCUT2D eigenvalue weighted by Gasteiger charge is -2.16. The molecule has 1 aliphatic rings. The normalized spacial score (nSPS) is 16.9. The standard InChI is InChI=1S/C13H24N4/c1-9(2)17-13(12(14)10(3)16-17)15-8-11-6-4-5-7-11/h9,11,15H,4-8,14H2,1-3H3. The van der Waals surface area contributed by atoms with Gasteiger partial charge in [0, 0.05) is 12.6 Å². The lowest BCUT2D eigenvalue weighted by atomic mass is 10.1. The van der Waals surface area contributed by atoms with E-state index in [0.29, 0.717) is 6.04 Å². The lowest BCUT2D eigenvalue weighted by Crippen LogP contribution is -2.16. The van der Waals surface area contributed by atoms with Crippen LogP contribution in [0.15, 0.2) is 0 Å². The zero-order valence-electron chi connectivity index (χ0n) is 11.2. The van der Waals surface area contributed by atoms with E-state index >= 15 is 0 Å². The number of rotatable bonds is 4. The second kappa shape index (κ2) is 4.98. The van der Waals surface area contributed by atoms with Crippen LogP contribution in [0.3, 0.4) is 0 Å². The summed E-state index contributed by atoms with van der Waals surface area (Å²) in [4.78, 5) is 0. The van der Waals surface area contributed by atoms with E-state index in [4.69, 9.17) is 5.73 Å². The van der Waals surface area contributed by atoms with Crippen LogP contribution in [0.25, 0.3) is 0 Å². The monoisotopic (exact) mass is 236 g/mol. The van der Waals surface area contributed by atoms with Crippen molar-refractivity contribution in [2.75, 3.05) is 17.6 Å². The molecule has 0 atom stereocenters. The lowest BCUT2D eigenvalue weighted by molar-refractivity contribution is 0.525. The van der Waals surface area contributed by atoms with Crippen molar-refractivity contribution < 1.29 is 0 Å². The molecule has 1 fully saturated rings. The van der Waals surface area contributed by atoms with E-state index in [0.717, 1.165) is 29.7 Å². The maximum absolute atomic E-state index is 6.08. The van der Waals surface area contributed by atoms with Gasteiger partial charge >= 0.3 is 0 Å². The van der Waals surface area contributed by atoms with Crippen LogP contribution in [0.1, 0.15) is 51.3 Å². The summed E-state index contributed by atoms with van der Waals surface area (Å²) in [5, 5.41) is 7.99. The first kappa shape index (κ1) is 12.3. The van der Waals surface area contributed by atoms with E-state index in [2.05, 4.69) is 24.3 Å². The Bertz CT molecular complexity index is 375. The molecule has 0 aromatic carbocycles. The van der Waals surface area contributed by atoms with Crippen molar-refractivity contribution in [1.29, 1.82) is 0 Å². The molecule has 4 heteroatoms. The van der Waals surface area contributed by atoms with Gasteiger partial charge in [0.15, 0.2) is 0 Å². The SMILES string of the molecule is Cc1nn(C(C)C)c(NCC2CCCC2)c1N. The number of nitrogens with one attached hydrogen (secondary N) is 1. The Hall–Kier alpha value is -1.19. The van der Waals surface area contributed by atoms with Gasteiger partial charge in [0.2, 0.25) is 0 Å². The van der Waals surface area contributed by atoms with Crippen molar-refractivity contribution >= 4 is 11.5 Å². The quantitative estimate of drug-likeness (QED) is 0.845. The summed E-state index contributed by atoms with van der Waals surface area (Å²) >= 11 is 0. The van der Waals surface area contributed by atoms with Gasteiger partial charge in [0.25, 0.3) is 0 Å². The first-order valence-corrected chi connectivity index (χ1v) is 6.68. The molecule has 0 aliphatic heterocycles. The minimum atomic E-state index is 0.345. The summed E-state index contributed by atoms with van der Waals surface area (Å²) in [7, 11) is 0. The number of nitrogens with two attached hydrogens (primary N) is 1. The Morgan fingerprint density at radius 2 is 2.06 bits per heavy atom. The van der Waals surface area contributed by atoms with Gasteiger partial charge in [-0.2, -0.15) is 5.10 Å². The van der Waals surface area contributed by atoms with Gasteiger partial charge in [-0.05, 0) is 39.5 Å². The molecule has 17 heavy (non-hydrogen) atoms. The average molecular weight is 236 g/mol. The Morgan fingerprint density at radius 3 is 2.65 bits per heavy atom. The molecular formula is C13H24N4. The predicted octanol–water partition coefficient (Wildman–Crippen LogP) is 2.96. The molecule has 1 heterocycles. The molecule has 1 aliphatic carbocycles. The van der Waals surface area contributed by atoms with E-state index in [1.807, 2.05) is 11.6 Å². The van der Waals surface area contributed by atoms with Gasteiger partial charge in [0.1, 0.15) is 5.82 Å². The molecule has 1 aromatic heterocycles. The summed E-state index contributed by atoms with van der Waals surface area (Å²) in [6.45, 7) is 7.26. The molecule has 2 rings (SSSR count). The molecule has 0 radical (unpaired) electrons. The van der Waals surface area contributed by atoms with Crippen LogP contribution >= 0.6 is 0 Å². The highest BCUT2D eigenvalue weighted by Crippen LogP contribution is 2.28. The van der Waals surface area contributed by atoms with Crippen LogP contribution in [-0.2, 0) is 0 Å². The van der Waals surface area contributed by atoms with Crippen molar-refractivity contribution in [2.24, 2.45) is 5.92 Å². The highest BCUT2D eigenvalue weighted by molar-refractivity contribution is 5.64. The smallest absolute Gasteiger partial charge is 0.148 e. The van der Waals surface area contributed by atoms with Gasteiger partial charge < -0.3 is 11.1 Å². The highest BCUT2D eigenvalue weighted by atomic mass is 15.4. The summed E-state index contributed by atoms with van der Waals surface area (Å²) in [6.07, 6.45) is 5.46. The van der Waals surface area contributed by atoms with Crippen molar-refractivity contribution in [3.05, 3.63) is 5.69 Å². The third-order valence-corrected chi connectivity index (χ3v) is 3.65. The van der Waals surface area contributed by atoms with Crippen molar-refractivity contribution in [1.82, 2.24) is 9.78 Å². The molecule has 96 valence electrons. The number of anilines is 2. The number of hydrogen-bond donors (Lipinski definition) is 2. The minimum Gasteiger partial charge on any atom is -0.394 e. The van der Waals surface area contributed by atoms with E-state index in [1.165, 1.54) is 25.7 Å². The number of nitrogens with zero attached hydrogens (tertiary/aromatic N) is 2. The van der Waals surface area contributed by atoms with Crippen LogP contribution in [0.4, 0.5) is 11.5 Å². The first-order valence-electron chi connectivity index (χ1n) is 6.68. The Labute approximate surface area is 104 Å². The third kappa shape index (κ3) is 2.56. The molecule has 0 unspecified atom stereocenters. The molecule has 4 nitrogen and oxygen atoms in total. The fourth-order valence-corrected chi connectivity index (χ4v) is 2.57. The molecule has 0 saturated heterocycles. The molecular weight excluding hydrogens is 212 g/mol. The Morgan fingerprint density at radius 1 is 1.41 bits per heavy atom.